The number of hydrogen-bond acceptors (Lipinski definition) is 4. The van der Waals surface area contributed by atoms with Gasteiger partial charge in [0.05, 0.1) is 10.9 Å². The Morgan fingerprint density at radius 1 is 1.04 bits per heavy atom. The van der Waals surface area contributed by atoms with E-state index < -0.39 is 0 Å². The summed E-state index contributed by atoms with van der Waals surface area (Å²) in [5.74, 6) is 0.946. The summed E-state index contributed by atoms with van der Waals surface area (Å²) in [5.41, 5.74) is 2.23. The number of aryl methyl sites for hydroxylation is 1. The van der Waals surface area contributed by atoms with E-state index in [9.17, 15) is 4.79 Å². The molecule has 26 heavy (non-hydrogen) atoms. The molecule has 6 rings (SSSR count). The van der Waals surface area contributed by atoms with Crippen molar-refractivity contribution in [1.29, 1.82) is 0 Å². The molecule has 3 aliphatic heterocycles. The van der Waals surface area contributed by atoms with Gasteiger partial charge in [-0.25, -0.2) is 4.98 Å². The zero-order valence-corrected chi connectivity index (χ0v) is 15.7. The van der Waals surface area contributed by atoms with E-state index in [1.807, 2.05) is 4.57 Å². The van der Waals surface area contributed by atoms with Crippen LogP contribution in [0.25, 0.3) is 10.9 Å². The second kappa shape index (κ2) is 6.38. The van der Waals surface area contributed by atoms with Gasteiger partial charge in [0.25, 0.3) is 5.56 Å². The summed E-state index contributed by atoms with van der Waals surface area (Å²) >= 11 is 0. The first-order valence-corrected chi connectivity index (χ1v) is 10.3. The molecule has 2 bridgehead atoms. The lowest BCUT2D eigenvalue weighted by Crippen LogP contribution is -2.38. The molecule has 0 amide bonds. The summed E-state index contributed by atoms with van der Waals surface area (Å²) < 4.78 is 2.00. The molecule has 2 aromatic rings. The number of aromatic nitrogens is 2. The summed E-state index contributed by atoms with van der Waals surface area (Å²) in [6.07, 6.45) is 6.74. The highest BCUT2D eigenvalue weighted by molar-refractivity contribution is 5.82. The Morgan fingerprint density at radius 2 is 1.85 bits per heavy atom. The van der Waals surface area contributed by atoms with Gasteiger partial charge in [-0.15, -0.1) is 0 Å². The summed E-state index contributed by atoms with van der Waals surface area (Å²) in [7, 11) is 0. The summed E-state index contributed by atoms with van der Waals surface area (Å²) in [4.78, 5) is 23.2. The highest BCUT2D eigenvalue weighted by atomic mass is 16.1. The number of benzene rings is 1. The van der Waals surface area contributed by atoms with E-state index in [2.05, 4.69) is 34.9 Å². The van der Waals surface area contributed by atoms with E-state index in [0.717, 1.165) is 49.1 Å². The molecular weight excluding hydrogens is 324 g/mol. The first-order valence-electron chi connectivity index (χ1n) is 10.3. The SMILES string of the molecule is CCc1nc2ccc(N3CCN4CCC3CC4)cc2c(=O)n1C1CCC1. The maximum atomic E-state index is 13.3. The van der Waals surface area contributed by atoms with Gasteiger partial charge >= 0.3 is 0 Å². The molecule has 5 nitrogen and oxygen atoms in total. The van der Waals surface area contributed by atoms with Crippen molar-refractivity contribution < 1.29 is 0 Å². The minimum atomic E-state index is 0.168. The molecule has 0 unspecified atom stereocenters. The Labute approximate surface area is 154 Å². The Kier molecular flexibility index (Phi) is 4.00. The molecule has 3 saturated heterocycles. The average Bonchev–Trinajstić information content (AvgIpc) is 2.96. The van der Waals surface area contributed by atoms with Gasteiger partial charge in [0.2, 0.25) is 0 Å². The fourth-order valence-electron chi connectivity index (χ4n) is 4.91. The highest BCUT2D eigenvalue weighted by Gasteiger charge is 2.30. The lowest BCUT2D eigenvalue weighted by Gasteiger charge is -2.33. The Morgan fingerprint density at radius 3 is 2.54 bits per heavy atom. The van der Waals surface area contributed by atoms with Gasteiger partial charge in [0.15, 0.2) is 0 Å². The first kappa shape index (κ1) is 16.3. The van der Waals surface area contributed by atoms with E-state index >= 15 is 0 Å². The number of fused-ring (bicyclic) bond motifs is 5. The second-order valence-electron chi connectivity index (χ2n) is 8.11. The maximum absolute atomic E-state index is 13.3. The third-order valence-electron chi connectivity index (χ3n) is 6.70. The molecule has 0 atom stereocenters. The number of hydrogen-bond donors (Lipinski definition) is 0. The first-order chi connectivity index (χ1) is 12.7. The number of anilines is 1. The lowest BCUT2D eigenvalue weighted by molar-refractivity contribution is 0.250. The molecule has 4 fully saturated rings. The van der Waals surface area contributed by atoms with Gasteiger partial charge in [-0.1, -0.05) is 6.92 Å². The van der Waals surface area contributed by atoms with E-state index in [4.69, 9.17) is 4.98 Å². The normalized spacial score (nSPS) is 26.1. The van der Waals surface area contributed by atoms with Gasteiger partial charge in [0, 0.05) is 50.4 Å². The highest BCUT2D eigenvalue weighted by Crippen LogP contribution is 2.32. The monoisotopic (exact) mass is 352 g/mol. The molecule has 1 aromatic carbocycles. The van der Waals surface area contributed by atoms with E-state index in [-0.39, 0.29) is 5.56 Å². The van der Waals surface area contributed by atoms with Crippen LogP contribution in [-0.4, -0.2) is 46.7 Å². The number of piperidine rings is 1. The van der Waals surface area contributed by atoms with Gasteiger partial charge in [0.1, 0.15) is 5.82 Å². The van der Waals surface area contributed by atoms with Crippen LogP contribution in [0.3, 0.4) is 0 Å². The quantitative estimate of drug-likeness (QED) is 0.852. The van der Waals surface area contributed by atoms with Gasteiger partial charge in [-0.05, 0) is 50.3 Å². The van der Waals surface area contributed by atoms with Crippen LogP contribution in [0.2, 0.25) is 0 Å². The van der Waals surface area contributed by atoms with Crippen LogP contribution in [0, 0.1) is 0 Å². The van der Waals surface area contributed by atoms with Gasteiger partial charge in [-0.2, -0.15) is 0 Å². The standard InChI is InChI=1S/C21H28N4O/c1-2-20-22-19-7-6-17(24-13-12-23-10-8-15(24)9-11-23)14-18(19)21(26)25(20)16-4-3-5-16/h6-7,14-16H,2-5,8-13H2,1H3. The van der Waals surface area contributed by atoms with Crippen molar-refractivity contribution >= 4 is 16.6 Å². The smallest absolute Gasteiger partial charge is 0.261 e. The van der Waals surface area contributed by atoms with Crippen molar-refractivity contribution in [3.8, 4) is 0 Å². The predicted molar refractivity (Wildman–Crippen MR) is 105 cm³/mol. The third kappa shape index (κ3) is 2.56. The zero-order chi connectivity index (χ0) is 17.7. The predicted octanol–water partition coefficient (Wildman–Crippen LogP) is 2.97. The van der Waals surface area contributed by atoms with Crippen molar-refractivity contribution in [2.75, 3.05) is 31.1 Å². The minimum Gasteiger partial charge on any atom is -0.367 e. The third-order valence-corrected chi connectivity index (χ3v) is 6.70. The van der Waals surface area contributed by atoms with Crippen LogP contribution in [0.1, 0.15) is 50.9 Å². The summed E-state index contributed by atoms with van der Waals surface area (Å²) in [6, 6.07) is 7.33. The van der Waals surface area contributed by atoms with Crippen LogP contribution in [0.15, 0.2) is 23.0 Å². The molecular formula is C21H28N4O. The zero-order valence-electron chi connectivity index (χ0n) is 15.7. The molecule has 5 heteroatoms. The summed E-state index contributed by atoms with van der Waals surface area (Å²) in [5, 5.41) is 0.797. The maximum Gasteiger partial charge on any atom is 0.261 e. The van der Waals surface area contributed by atoms with Crippen molar-refractivity contribution in [3.63, 3.8) is 0 Å². The molecule has 4 heterocycles. The molecule has 0 radical (unpaired) electrons. The fraction of sp³-hybridized carbons (Fsp3) is 0.619. The van der Waals surface area contributed by atoms with Crippen molar-refractivity contribution in [2.24, 2.45) is 0 Å². The summed E-state index contributed by atoms with van der Waals surface area (Å²) in [6.45, 7) is 6.72. The number of nitrogens with zero attached hydrogens (tertiary/aromatic N) is 4. The largest absolute Gasteiger partial charge is 0.367 e. The molecule has 0 N–H and O–H groups in total. The fourth-order valence-corrected chi connectivity index (χ4v) is 4.91. The van der Waals surface area contributed by atoms with E-state index in [1.165, 1.54) is 38.0 Å². The molecule has 4 aliphatic rings. The average molecular weight is 352 g/mol. The topological polar surface area (TPSA) is 41.4 Å². The van der Waals surface area contributed by atoms with Gasteiger partial charge < -0.3 is 9.80 Å². The molecule has 1 saturated carbocycles. The van der Waals surface area contributed by atoms with Crippen LogP contribution in [0.5, 0.6) is 0 Å². The van der Waals surface area contributed by atoms with Crippen LogP contribution < -0.4 is 10.5 Å². The Balaban J connectivity index is 1.60. The van der Waals surface area contributed by atoms with Crippen LogP contribution >= 0.6 is 0 Å². The lowest BCUT2D eigenvalue weighted by atomic mass is 9.92. The Bertz CT molecular complexity index is 877. The van der Waals surface area contributed by atoms with Crippen molar-refractivity contribution in [2.45, 2.75) is 57.5 Å². The van der Waals surface area contributed by atoms with Crippen molar-refractivity contribution in [1.82, 2.24) is 14.5 Å². The molecule has 138 valence electrons. The molecule has 1 aliphatic carbocycles. The van der Waals surface area contributed by atoms with Crippen molar-refractivity contribution in [3.05, 3.63) is 34.4 Å². The number of rotatable bonds is 3. The van der Waals surface area contributed by atoms with E-state index in [1.54, 1.807) is 0 Å². The second-order valence-corrected chi connectivity index (χ2v) is 8.11. The van der Waals surface area contributed by atoms with Gasteiger partial charge in [-0.3, -0.25) is 9.36 Å². The van der Waals surface area contributed by atoms with Crippen LogP contribution in [0.4, 0.5) is 5.69 Å². The Hall–Kier alpha value is -1.88. The minimum absolute atomic E-state index is 0.168. The van der Waals surface area contributed by atoms with Crippen LogP contribution in [-0.2, 0) is 6.42 Å². The molecule has 0 spiro atoms. The van der Waals surface area contributed by atoms with E-state index in [0.29, 0.717) is 12.1 Å². The molecule has 1 aromatic heterocycles.